The fourth-order valence-electron chi connectivity index (χ4n) is 3.28. The molecule has 0 amide bonds. The van der Waals surface area contributed by atoms with Crippen LogP contribution in [0.2, 0.25) is 0 Å². The number of piperidine rings is 1. The van der Waals surface area contributed by atoms with E-state index in [1.54, 1.807) is 0 Å². The zero-order valence-electron chi connectivity index (χ0n) is 12.0. The molecular formula is C16H25N3. The van der Waals surface area contributed by atoms with Crippen molar-refractivity contribution in [3.8, 4) is 0 Å². The second-order valence-electron chi connectivity index (χ2n) is 6.21. The summed E-state index contributed by atoms with van der Waals surface area (Å²) >= 11 is 0. The Hall–Kier alpha value is -1.06. The van der Waals surface area contributed by atoms with Crippen molar-refractivity contribution in [2.75, 3.05) is 25.5 Å². The Morgan fingerprint density at radius 1 is 1.11 bits per heavy atom. The van der Waals surface area contributed by atoms with Crippen LogP contribution < -0.4 is 10.6 Å². The van der Waals surface area contributed by atoms with Gasteiger partial charge in [0, 0.05) is 31.9 Å². The van der Waals surface area contributed by atoms with E-state index in [2.05, 4.69) is 48.2 Å². The summed E-state index contributed by atoms with van der Waals surface area (Å²) in [6, 6.07) is 10.5. The van der Waals surface area contributed by atoms with E-state index < -0.39 is 0 Å². The summed E-state index contributed by atoms with van der Waals surface area (Å²) in [6.07, 6.45) is 5.13. The lowest BCUT2D eigenvalue weighted by Crippen LogP contribution is -2.46. The predicted octanol–water partition coefficient (Wildman–Crippen LogP) is 2.38. The Morgan fingerprint density at radius 2 is 1.79 bits per heavy atom. The summed E-state index contributed by atoms with van der Waals surface area (Å²) in [5, 5.41) is 0. The van der Waals surface area contributed by atoms with Crippen LogP contribution in [0.15, 0.2) is 24.3 Å². The first kappa shape index (κ1) is 12.9. The summed E-state index contributed by atoms with van der Waals surface area (Å²) in [5.41, 5.74) is 9.06. The van der Waals surface area contributed by atoms with Gasteiger partial charge in [-0.2, -0.15) is 0 Å². The molecule has 1 aliphatic carbocycles. The quantitative estimate of drug-likeness (QED) is 0.904. The molecule has 104 valence electrons. The van der Waals surface area contributed by atoms with E-state index in [9.17, 15) is 0 Å². The van der Waals surface area contributed by atoms with Gasteiger partial charge in [0.25, 0.3) is 0 Å². The lowest BCUT2D eigenvalue weighted by molar-refractivity contribution is 0.120. The van der Waals surface area contributed by atoms with Crippen molar-refractivity contribution < 1.29 is 0 Å². The molecule has 2 fully saturated rings. The average molecular weight is 259 g/mol. The Kier molecular flexibility index (Phi) is 3.50. The molecule has 0 radical (unpaired) electrons. The van der Waals surface area contributed by atoms with E-state index in [0.717, 1.165) is 12.5 Å². The van der Waals surface area contributed by atoms with Gasteiger partial charge in [0.2, 0.25) is 0 Å². The fourth-order valence-corrected chi connectivity index (χ4v) is 3.28. The molecule has 1 saturated carbocycles. The van der Waals surface area contributed by atoms with E-state index in [4.69, 9.17) is 5.73 Å². The summed E-state index contributed by atoms with van der Waals surface area (Å²) in [7, 11) is 4.16. The number of nitrogens with two attached hydrogens (primary N) is 1. The van der Waals surface area contributed by atoms with Crippen LogP contribution in [-0.2, 0) is 0 Å². The van der Waals surface area contributed by atoms with Gasteiger partial charge in [-0.3, -0.25) is 4.90 Å². The van der Waals surface area contributed by atoms with Gasteiger partial charge in [0.05, 0.1) is 6.04 Å². The number of likely N-dealkylation sites (tertiary alicyclic amines) is 1. The Morgan fingerprint density at radius 3 is 2.37 bits per heavy atom. The number of nitrogens with zero attached hydrogens (tertiary/aromatic N) is 2. The first-order chi connectivity index (χ1) is 9.16. The normalized spacial score (nSPS) is 28.4. The Bertz CT molecular complexity index is 422. The van der Waals surface area contributed by atoms with Gasteiger partial charge in [-0.25, -0.2) is 0 Å². The minimum absolute atomic E-state index is 0.291. The summed E-state index contributed by atoms with van der Waals surface area (Å²) < 4.78 is 0. The van der Waals surface area contributed by atoms with Crippen LogP contribution in [0.5, 0.6) is 0 Å². The molecule has 1 aromatic rings. The van der Waals surface area contributed by atoms with E-state index in [1.807, 2.05) is 0 Å². The smallest absolute Gasteiger partial charge is 0.0502 e. The minimum Gasteiger partial charge on any atom is -0.378 e. The molecule has 2 atom stereocenters. The summed E-state index contributed by atoms with van der Waals surface area (Å²) in [6.45, 7) is 1.22. The first-order valence-corrected chi connectivity index (χ1v) is 7.45. The molecule has 2 aliphatic rings. The van der Waals surface area contributed by atoms with Crippen LogP contribution in [0.4, 0.5) is 5.69 Å². The highest BCUT2D eigenvalue weighted by Crippen LogP contribution is 2.39. The van der Waals surface area contributed by atoms with Crippen molar-refractivity contribution in [1.82, 2.24) is 4.90 Å². The molecule has 1 aliphatic heterocycles. The van der Waals surface area contributed by atoms with Crippen LogP contribution in [0.25, 0.3) is 0 Å². The predicted molar refractivity (Wildman–Crippen MR) is 80.4 cm³/mol. The summed E-state index contributed by atoms with van der Waals surface area (Å²) in [4.78, 5) is 4.79. The van der Waals surface area contributed by atoms with Crippen molar-refractivity contribution in [1.29, 1.82) is 0 Å². The molecule has 3 nitrogen and oxygen atoms in total. The van der Waals surface area contributed by atoms with Gasteiger partial charge in [-0.1, -0.05) is 12.1 Å². The largest absolute Gasteiger partial charge is 0.378 e. The SMILES string of the molecule is CN(C)c1ccc(C2C(N)CCCN2C2CC2)cc1. The lowest BCUT2D eigenvalue weighted by Gasteiger charge is -2.40. The minimum atomic E-state index is 0.291. The highest BCUT2D eigenvalue weighted by molar-refractivity contribution is 5.46. The molecule has 1 saturated heterocycles. The molecule has 19 heavy (non-hydrogen) atoms. The van der Waals surface area contributed by atoms with Crippen LogP contribution in [0.1, 0.15) is 37.3 Å². The maximum Gasteiger partial charge on any atom is 0.0502 e. The zero-order chi connectivity index (χ0) is 13.4. The van der Waals surface area contributed by atoms with Crippen LogP contribution in [0, 0.1) is 0 Å². The van der Waals surface area contributed by atoms with Gasteiger partial charge < -0.3 is 10.6 Å². The standard InChI is InChI=1S/C16H25N3/c1-18(2)13-7-5-12(6-8-13)16-15(17)4-3-11-19(16)14-9-10-14/h5-8,14-16H,3-4,9-11,17H2,1-2H3. The molecule has 1 aromatic carbocycles. The molecule has 2 unspecified atom stereocenters. The molecule has 0 aromatic heterocycles. The molecule has 3 heteroatoms. The molecule has 2 N–H and O–H groups in total. The maximum atomic E-state index is 6.41. The van der Waals surface area contributed by atoms with Crippen LogP contribution >= 0.6 is 0 Å². The number of hydrogen-bond donors (Lipinski definition) is 1. The van der Waals surface area contributed by atoms with Gasteiger partial charge in [-0.15, -0.1) is 0 Å². The highest BCUT2D eigenvalue weighted by atomic mass is 15.2. The first-order valence-electron chi connectivity index (χ1n) is 7.45. The van der Waals surface area contributed by atoms with Gasteiger partial charge >= 0.3 is 0 Å². The van der Waals surface area contributed by atoms with Crippen molar-refractivity contribution in [3.05, 3.63) is 29.8 Å². The van der Waals surface area contributed by atoms with E-state index in [0.29, 0.717) is 12.1 Å². The monoisotopic (exact) mass is 259 g/mol. The van der Waals surface area contributed by atoms with Crippen LogP contribution in [0.3, 0.4) is 0 Å². The molecule has 1 heterocycles. The third kappa shape index (κ3) is 2.63. The maximum absolute atomic E-state index is 6.41. The second-order valence-corrected chi connectivity index (χ2v) is 6.21. The van der Waals surface area contributed by atoms with Crippen LogP contribution in [-0.4, -0.2) is 37.6 Å². The number of anilines is 1. The second kappa shape index (κ2) is 5.14. The zero-order valence-corrected chi connectivity index (χ0v) is 12.0. The number of benzene rings is 1. The van der Waals surface area contributed by atoms with Gasteiger partial charge in [0.1, 0.15) is 0 Å². The number of hydrogen-bond acceptors (Lipinski definition) is 3. The fraction of sp³-hybridized carbons (Fsp3) is 0.625. The highest BCUT2D eigenvalue weighted by Gasteiger charge is 2.39. The number of rotatable bonds is 3. The van der Waals surface area contributed by atoms with Gasteiger partial charge in [0.15, 0.2) is 0 Å². The molecule has 0 bridgehead atoms. The van der Waals surface area contributed by atoms with Gasteiger partial charge in [-0.05, 0) is 49.9 Å². The van der Waals surface area contributed by atoms with E-state index >= 15 is 0 Å². The van der Waals surface area contributed by atoms with Crippen molar-refractivity contribution in [2.45, 2.75) is 43.8 Å². The molecular weight excluding hydrogens is 234 g/mol. The van der Waals surface area contributed by atoms with E-state index in [-0.39, 0.29) is 0 Å². The van der Waals surface area contributed by atoms with Crippen molar-refractivity contribution in [3.63, 3.8) is 0 Å². The molecule has 3 rings (SSSR count). The van der Waals surface area contributed by atoms with E-state index in [1.165, 1.54) is 37.1 Å². The average Bonchev–Trinajstić information content (AvgIpc) is 3.23. The third-order valence-electron chi connectivity index (χ3n) is 4.48. The topological polar surface area (TPSA) is 32.5 Å². The van der Waals surface area contributed by atoms with Crippen molar-refractivity contribution in [2.24, 2.45) is 5.73 Å². The lowest BCUT2D eigenvalue weighted by atomic mass is 9.90. The summed E-state index contributed by atoms with van der Waals surface area (Å²) in [5.74, 6) is 0. The third-order valence-corrected chi connectivity index (χ3v) is 4.48. The van der Waals surface area contributed by atoms with Crippen molar-refractivity contribution >= 4 is 5.69 Å². The molecule has 0 spiro atoms. The Balaban J connectivity index is 1.84. The Labute approximate surface area is 116 Å².